The van der Waals surface area contributed by atoms with E-state index in [1.54, 1.807) is 30.3 Å². The van der Waals surface area contributed by atoms with Crippen molar-refractivity contribution < 1.29 is 44.3 Å². The van der Waals surface area contributed by atoms with Crippen molar-refractivity contribution in [2.45, 2.75) is 43.1 Å². The van der Waals surface area contributed by atoms with E-state index in [0.717, 1.165) is 0 Å². The minimum absolute atomic E-state index is 0.0197. The highest BCUT2D eigenvalue weighted by Crippen LogP contribution is 2.36. The highest BCUT2D eigenvalue weighted by atomic mass is 32.2. The molecule has 0 atom stereocenters. The van der Waals surface area contributed by atoms with Gasteiger partial charge in [0.15, 0.2) is 0 Å². The Labute approximate surface area is 162 Å². The number of amides is 1. The number of likely N-dealkylation sites (tertiary alicyclic amines) is 1. The van der Waals surface area contributed by atoms with E-state index in [1.165, 1.54) is 0 Å². The highest BCUT2D eigenvalue weighted by molar-refractivity contribution is 7.88. The van der Waals surface area contributed by atoms with Crippen LogP contribution >= 0.6 is 0 Å². The lowest BCUT2D eigenvalue weighted by Gasteiger charge is -2.33. The van der Waals surface area contributed by atoms with Gasteiger partial charge in [-0.3, -0.25) is 0 Å². The number of nitrogens with zero attached hydrogens (tertiary/aromatic N) is 1. The first kappa shape index (κ1) is 23.3. The number of rotatable bonds is 5. The van der Waals surface area contributed by atoms with Crippen LogP contribution in [0.4, 0.5) is 31.1 Å². The van der Waals surface area contributed by atoms with Crippen LogP contribution in [0.5, 0.6) is 0 Å². The predicted octanol–water partition coefficient (Wildman–Crippen LogP) is 3.20. The molecule has 1 amide bonds. The summed E-state index contributed by atoms with van der Waals surface area (Å²) in [7, 11) is -3.71. The molecule has 29 heavy (non-hydrogen) atoms. The van der Waals surface area contributed by atoms with E-state index in [0.29, 0.717) is 10.5 Å². The molecular weight excluding hydrogens is 430 g/mol. The van der Waals surface area contributed by atoms with E-state index in [1.807, 2.05) is 0 Å². The smallest absolute Gasteiger partial charge is 0.426 e. The maximum Gasteiger partial charge on any atom is 0.434 e. The van der Waals surface area contributed by atoms with Gasteiger partial charge in [-0.1, -0.05) is 30.3 Å². The van der Waals surface area contributed by atoms with Crippen molar-refractivity contribution in [1.82, 2.24) is 9.62 Å². The van der Waals surface area contributed by atoms with Gasteiger partial charge in [-0.05, 0) is 18.4 Å². The maximum absolute atomic E-state index is 12.5. The van der Waals surface area contributed by atoms with Crippen LogP contribution in [0.25, 0.3) is 0 Å². The summed E-state index contributed by atoms with van der Waals surface area (Å²) in [4.78, 5) is 12.4. The Morgan fingerprint density at radius 3 is 2.07 bits per heavy atom. The summed E-state index contributed by atoms with van der Waals surface area (Å²) >= 11 is 0. The lowest BCUT2D eigenvalue weighted by Crippen LogP contribution is -2.51. The second-order valence-corrected chi connectivity index (χ2v) is 8.22. The summed E-state index contributed by atoms with van der Waals surface area (Å²) in [6, 6.07) is 7.70. The predicted molar refractivity (Wildman–Crippen MR) is 89.2 cm³/mol. The highest BCUT2D eigenvalue weighted by Gasteiger charge is 2.60. The number of sulfonamides is 1. The second kappa shape index (κ2) is 8.78. The van der Waals surface area contributed by atoms with Crippen LogP contribution in [0, 0.1) is 0 Å². The molecular formula is C16H18F6N2O4S. The van der Waals surface area contributed by atoms with Crippen LogP contribution in [0.2, 0.25) is 0 Å². The minimum atomic E-state index is -5.79. The first-order chi connectivity index (χ1) is 13.3. The Bertz CT molecular complexity index is 776. The van der Waals surface area contributed by atoms with Crippen LogP contribution in [-0.4, -0.2) is 57.0 Å². The Kier molecular flexibility index (Phi) is 7.04. The zero-order valence-electron chi connectivity index (χ0n) is 14.8. The Morgan fingerprint density at radius 2 is 1.59 bits per heavy atom. The first-order valence-electron chi connectivity index (χ1n) is 8.41. The number of halogens is 6. The summed E-state index contributed by atoms with van der Waals surface area (Å²) in [5.41, 5.74) is 0.548. The van der Waals surface area contributed by atoms with E-state index >= 15 is 0 Å². The van der Waals surface area contributed by atoms with Gasteiger partial charge >= 0.3 is 18.4 Å². The van der Waals surface area contributed by atoms with Crippen molar-refractivity contribution in [3.05, 3.63) is 35.9 Å². The van der Waals surface area contributed by atoms with Crippen molar-refractivity contribution in [3.63, 3.8) is 0 Å². The van der Waals surface area contributed by atoms with Crippen LogP contribution < -0.4 is 4.72 Å². The Hall–Kier alpha value is -2.02. The molecule has 1 fully saturated rings. The van der Waals surface area contributed by atoms with Gasteiger partial charge in [0.1, 0.15) is 0 Å². The van der Waals surface area contributed by atoms with Crippen molar-refractivity contribution >= 4 is 16.1 Å². The number of piperidine rings is 1. The van der Waals surface area contributed by atoms with Gasteiger partial charge in [0.05, 0.1) is 5.75 Å². The molecule has 13 heteroatoms. The number of carbonyl (C=O) groups is 1. The van der Waals surface area contributed by atoms with E-state index in [2.05, 4.69) is 9.46 Å². The Morgan fingerprint density at radius 1 is 1.07 bits per heavy atom. The van der Waals surface area contributed by atoms with Crippen LogP contribution in [-0.2, 0) is 20.5 Å². The van der Waals surface area contributed by atoms with Gasteiger partial charge in [0.25, 0.3) is 6.10 Å². The number of hydrogen-bond donors (Lipinski definition) is 1. The molecule has 1 aliphatic heterocycles. The molecule has 0 saturated carbocycles. The number of benzene rings is 1. The topological polar surface area (TPSA) is 75.7 Å². The first-order valence-corrected chi connectivity index (χ1v) is 10.1. The molecule has 0 radical (unpaired) electrons. The molecule has 1 aliphatic rings. The third-order valence-corrected chi connectivity index (χ3v) is 5.52. The molecule has 1 N–H and O–H groups in total. The number of ether oxygens (including phenoxy) is 1. The molecule has 1 aromatic carbocycles. The van der Waals surface area contributed by atoms with Crippen molar-refractivity contribution in [2.75, 3.05) is 13.1 Å². The van der Waals surface area contributed by atoms with Crippen molar-refractivity contribution in [1.29, 1.82) is 0 Å². The monoisotopic (exact) mass is 448 g/mol. The summed E-state index contributed by atoms with van der Waals surface area (Å²) < 4.78 is 105. The van der Waals surface area contributed by atoms with Gasteiger partial charge in [-0.2, -0.15) is 26.3 Å². The molecule has 1 heterocycles. The molecule has 0 spiro atoms. The molecule has 1 aromatic rings. The van der Waals surface area contributed by atoms with Gasteiger partial charge in [0, 0.05) is 19.1 Å². The molecule has 2 rings (SSSR count). The number of nitrogens with one attached hydrogen (secondary N) is 1. The molecule has 0 aliphatic carbocycles. The SMILES string of the molecule is O=C(OC(C(F)(F)F)C(F)(F)F)N1CCC(NS(=O)(=O)Cc2ccccc2)CC1. The fourth-order valence-corrected chi connectivity index (χ4v) is 4.22. The minimum Gasteiger partial charge on any atom is -0.426 e. The quantitative estimate of drug-likeness (QED) is 0.702. The Balaban J connectivity index is 1.89. The van der Waals surface area contributed by atoms with Gasteiger partial charge in [-0.25, -0.2) is 17.9 Å². The lowest BCUT2D eigenvalue weighted by molar-refractivity contribution is -0.308. The van der Waals surface area contributed by atoms with Crippen LogP contribution in [0.1, 0.15) is 18.4 Å². The number of hydrogen-bond acceptors (Lipinski definition) is 4. The average Bonchev–Trinajstić information content (AvgIpc) is 2.58. The molecule has 0 bridgehead atoms. The zero-order valence-corrected chi connectivity index (χ0v) is 15.6. The molecule has 6 nitrogen and oxygen atoms in total. The third-order valence-electron chi connectivity index (χ3n) is 4.11. The van der Waals surface area contributed by atoms with Crippen molar-refractivity contribution in [2.24, 2.45) is 0 Å². The largest absolute Gasteiger partial charge is 0.434 e. The van der Waals surface area contributed by atoms with E-state index in [-0.39, 0.29) is 31.7 Å². The van der Waals surface area contributed by atoms with E-state index in [9.17, 15) is 39.6 Å². The third kappa shape index (κ3) is 7.07. The van der Waals surface area contributed by atoms with Crippen molar-refractivity contribution in [3.8, 4) is 0 Å². The average molecular weight is 448 g/mol. The van der Waals surface area contributed by atoms with Crippen LogP contribution in [0.15, 0.2) is 30.3 Å². The maximum atomic E-state index is 12.5. The summed E-state index contributed by atoms with van der Waals surface area (Å²) in [6.45, 7) is -0.500. The molecule has 0 aromatic heterocycles. The van der Waals surface area contributed by atoms with Gasteiger partial charge in [0.2, 0.25) is 10.0 Å². The van der Waals surface area contributed by atoms with Gasteiger partial charge in [-0.15, -0.1) is 0 Å². The summed E-state index contributed by atoms with van der Waals surface area (Å²) in [5.74, 6) is -0.283. The number of carbonyl (C=O) groups excluding carboxylic acids is 1. The fraction of sp³-hybridized carbons (Fsp3) is 0.562. The normalized spacial score (nSPS) is 16.9. The molecule has 0 unspecified atom stereocenters. The molecule has 1 saturated heterocycles. The van der Waals surface area contributed by atoms with E-state index < -0.39 is 40.6 Å². The fourth-order valence-electron chi connectivity index (χ4n) is 2.76. The standard InChI is InChI=1S/C16H18F6N2O4S/c17-15(18,19)13(16(20,21)22)28-14(25)24-8-6-12(7-9-24)23-29(26,27)10-11-4-2-1-3-5-11/h1-5,12-13,23H,6-10H2. The van der Waals surface area contributed by atoms with E-state index in [4.69, 9.17) is 0 Å². The van der Waals surface area contributed by atoms with Gasteiger partial charge < -0.3 is 9.64 Å². The van der Waals surface area contributed by atoms with Crippen LogP contribution in [0.3, 0.4) is 0 Å². The summed E-state index contributed by atoms with van der Waals surface area (Å²) in [6.07, 6.45) is -17.5. The number of alkyl halides is 6. The lowest BCUT2D eigenvalue weighted by atomic mass is 10.1. The summed E-state index contributed by atoms with van der Waals surface area (Å²) in [5, 5.41) is 0. The zero-order chi connectivity index (χ0) is 21.9. The second-order valence-electron chi connectivity index (χ2n) is 6.47. The molecule has 164 valence electrons.